The van der Waals surface area contributed by atoms with Crippen molar-refractivity contribution >= 4 is 11.9 Å². The number of carboxylic acids is 1. The second kappa shape index (κ2) is 7.96. The van der Waals surface area contributed by atoms with Crippen LogP contribution in [0, 0.1) is 18.7 Å². The monoisotopic (exact) mass is 347 g/mol. The van der Waals surface area contributed by atoms with Crippen molar-refractivity contribution < 1.29 is 23.5 Å². The molecular formula is C19H22FNO4. The number of benzene rings is 1. The first-order valence-electron chi connectivity index (χ1n) is 8.12. The first-order chi connectivity index (χ1) is 11.8. The molecule has 1 amide bonds. The Kier molecular flexibility index (Phi) is 5.96. The minimum Gasteiger partial charge on any atom is -0.481 e. The molecule has 0 saturated carbocycles. The Hall–Kier alpha value is -2.63. The van der Waals surface area contributed by atoms with Crippen LogP contribution in [0.25, 0.3) is 0 Å². The fourth-order valence-corrected chi connectivity index (χ4v) is 2.64. The Morgan fingerprint density at radius 1 is 1.24 bits per heavy atom. The van der Waals surface area contributed by atoms with Crippen molar-refractivity contribution in [2.45, 2.75) is 39.7 Å². The van der Waals surface area contributed by atoms with Gasteiger partial charge in [-0.05, 0) is 37.0 Å². The molecule has 0 aliphatic rings. The van der Waals surface area contributed by atoms with Gasteiger partial charge in [0.1, 0.15) is 18.0 Å². The molecule has 6 heteroatoms. The van der Waals surface area contributed by atoms with Gasteiger partial charge in [-0.15, -0.1) is 0 Å². The molecule has 0 fully saturated rings. The van der Waals surface area contributed by atoms with E-state index in [0.717, 1.165) is 5.56 Å². The quantitative estimate of drug-likeness (QED) is 0.805. The van der Waals surface area contributed by atoms with Crippen molar-refractivity contribution in [3.63, 3.8) is 0 Å². The number of carboxylic acid groups (broad SMARTS) is 1. The zero-order chi connectivity index (χ0) is 18.6. The van der Waals surface area contributed by atoms with Gasteiger partial charge in [-0.1, -0.05) is 26.0 Å². The number of halogens is 1. The molecule has 1 unspecified atom stereocenters. The number of aliphatic carboxylic acids is 1. The minimum atomic E-state index is -1.06. The molecule has 1 atom stereocenters. The highest BCUT2D eigenvalue weighted by Gasteiger charge is 2.24. The van der Waals surface area contributed by atoms with Crippen molar-refractivity contribution in [1.82, 2.24) is 5.32 Å². The summed E-state index contributed by atoms with van der Waals surface area (Å²) in [4.78, 5) is 23.6. The van der Waals surface area contributed by atoms with Crippen LogP contribution in [0.3, 0.4) is 0 Å². The van der Waals surface area contributed by atoms with Crippen molar-refractivity contribution in [3.05, 3.63) is 58.8 Å². The Bertz CT molecular complexity index is 749. The average Bonchev–Trinajstić information content (AvgIpc) is 2.88. The first-order valence-corrected chi connectivity index (χ1v) is 8.12. The molecule has 5 nitrogen and oxygen atoms in total. The van der Waals surface area contributed by atoms with Crippen LogP contribution in [-0.2, 0) is 17.6 Å². The molecule has 0 radical (unpaired) electrons. The third-order valence-corrected chi connectivity index (χ3v) is 4.08. The lowest BCUT2D eigenvalue weighted by molar-refractivity contribution is -0.136. The molecule has 2 N–H and O–H groups in total. The predicted octanol–water partition coefficient (Wildman–Crippen LogP) is 3.35. The Morgan fingerprint density at radius 3 is 2.44 bits per heavy atom. The van der Waals surface area contributed by atoms with Gasteiger partial charge >= 0.3 is 5.97 Å². The van der Waals surface area contributed by atoms with E-state index in [1.165, 1.54) is 18.4 Å². The molecule has 1 aromatic carbocycles. The number of nitrogens with one attached hydrogen (secondary N) is 1. The van der Waals surface area contributed by atoms with Gasteiger partial charge in [-0.2, -0.15) is 0 Å². The van der Waals surface area contributed by atoms with Crippen molar-refractivity contribution in [3.8, 4) is 0 Å². The van der Waals surface area contributed by atoms with Gasteiger partial charge in [-0.25, -0.2) is 4.39 Å². The number of rotatable bonds is 7. The van der Waals surface area contributed by atoms with Crippen LogP contribution in [0.1, 0.15) is 41.1 Å². The second-order valence-electron chi connectivity index (χ2n) is 6.44. The molecule has 25 heavy (non-hydrogen) atoms. The van der Waals surface area contributed by atoms with Crippen LogP contribution in [-0.4, -0.2) is 23.0 Å². The third-order valence-electron chi connectivity index (χ3n) is 4.08. The van der Waals surface area contributed by atoms with Gasteiger partial charge in [0.2, 0.25) is 0 Å². The van der Waals surface area contributed by atoms with E-state index in [2.05, 4.69) is 5.32 Å². The van der Waals surface area contributed by atoms with Gasteiger partial charge in [0.15, 0.2) is 0 Å². The zero-order valence-electron chi connectivity index (χ0n) is 14.5. The van der Waals surface area contributed by atoms with E-state index in [-0.39, 0.29) is 41.4 Å². The number of aryl methyl sites for hydroxylation is 1. The molecule has 134 valence electrons. The predicted molar refractivity (Wildman–Crippen MR) is 91.0 cm³/mol. The second-order valence-corrected chi connectivity index (χ2v) is 6.44. The van der Waals surface area contributed by atoms with E-state index in [1.807, 2.05) is 13.8 Å². The van der Waals surface area contributed by atoms with Gasteiger partial charge < -0.3 is 14.8 Å². The maximum absolute atomic E-state index is 13.0. The summed E-state index contributed by atoms with van der Waals surface area (Å²) in [6, 6.07) is 5.98. The molecule has 0 bridgehead atoms. The van der Waals surface area contributed by atoms with E-state index in [9.17, 15) is 14.0 Å². The fraction of sp³-hybridized carbons (Fsp3) is 0.368. The lowest BCUT2D eigenvalue weighted by Crippen LogP contribution is -2.40. The molecule has 1 heterocycles. The van der Waals surface area contributed by atoms with Crippen molar-refractivity contribution in [2.24, 2.45) is 5.92 Å². The van der Waals surface area contributed by atoms with Gasteiger partial charge in [0.25, 0.3) is 5.91 Å². The van der Waals surface area contributed by atoms with Gasteiger partial charge in [0.05, 0.1) is 11.8 Å². The molecule has 1 aromatic heterocycles. The van der Waals surface area contributed by atoms with Crippen LogP contribution in [0.4, 0.5) is 4.39 Å². The average molecular weight is 347 g/mol. The topological polar surface area (TPSA) is 79.5 Å². The molecule has 2 aromatic rings. The summed E-state index contributed by atoms with van der Waals surface area (Å²) in [7, 11) is 0. The smallest absolute Gasteiger partial charge is 0.311 e. The summed E-state index contributed by atoms with van der Waals surface area (Å²) in [6.45, 7) is 5.66. The van der Waals surface area contributed by atoms with E-state index < -0.39 is 5.97 Å². The third kappa shape index (κ3) is 4.92. The Labute approximate surface area is 145 Å². The molecule has 0 saturated heterocycles. The summed E-state index contributed by atoms with van der Waals surface area (Å²) >= 11 is 0. The van der Waals surface area contributed by atoms with Crippen LogP contribution < -0.4 is 5.32 Å². The maximum atomic E-state index is 13.0. The lowest BCUT2D eigenvalue weighted by atomic mass is 9.95. The van der Waals surface area contributed by atoms with Crippen molar-refractivity contribution in [1.29, 1.82) is 0 Å². The molecule has 2 rings (SSSR count). The molecule has 0 spiro atoms. The summed E-state index contributed by atoms with van der Waals surface area (Å²) in [5.74, 6) is -1.43. The highest BCUT2D eigenvalue weighted by Crippen LogP contribution is 2.19. The first kappa shape index (κ1) is 18.7. The normalized spacial score (nSPS) is 12.2. The summed E-state index contributed by atoms with van der Waals surface area (Å²) in [5, 5.41) is 11.9. The van der Waals surface area contributed by atoms with Gasteiger partial charge in [0, 0.05) is 11.6 Å². The van der Waals surface area contributed by atoms with Gasteiger partial charge in [-0.3, -0.25) is 9.59 Å². The summed E-state index contributed by atoms with van der Waals surface area (Å²) in [5.41, 5.74) is 1.78. The molecule has 0 aliphatic carbocycles. The zero-order valence-corrected chi connectivity index (χ0v) is 14.5. The van der Waals surface area contributed by atoms with Crippen LogP contribution >= 0.6 is 0 Å². The molecule has 0 aliphatic heterocycles. The summed E-state index contributed by atoms with van der Waals surface area (Å²) in [6.07, 6.45) is 1.59. The number of hydrogen-bond acceptors (Lipinski definition) is 3. The van der Waals surface area contributed by atoms with Crippen LogP contribution in [0.15, 0.2) is 34.9 Å². The Balaban J connectivity index is 2.16. The number of carbonyl (C=O) groups is 2. The van der Waals surface area contributed by atoms with Crippen LogP contribution in [0.2, 0.25) is 0 Å². The summed E-state index contributed by atoms with van der Waals surface area (Å²) < 4.78 is 18.3. The van der Waals surface area contributed by atoms with E-state index >= 15 is 0 Å². The fourth-order valence-electron chi connectivity index (χ4n) is 2.64. The van der Waals surface area contributed by atoms with E-state index in [1.54, 1.807) is 19.1 Å². The highest BCUT2D eigenvalue weighted by molar-refractivity contribution is 5.97. The number of carbonyl (C=O) groups excluding carboxylic acids is 1. The minimum absolute atomic E-state index is 0.143. The SMILES string of the molecule is Cc1coc(CC(=O)O)c1C(=O)NC(Cc1ccc(F)cc1)C(C)C. The molecular weight excluding hydrogens is 325 g/mol. The Morgan fingerprint density at radius 2 is 1.88 bits per heavy atom. The standard InChI is InChI=1S/C19H22FNO4/c1-11(2)15(8-13-4-6-14(20)7-5-13)21-19(24)18-12(3)10-25-16(18)9-17(22)23/h4-7,10-11,15H,8-9H2,1-3H3,(H,21,24)(H,22,23). The highest BCUT2D eigenvalue weighted by atomic mass is 19.1. The number of amides is 1. The van der Waals surface area contributed by atoms with Crippen LogP contribution in [0.5, 0.6) is 0 Å². The lowest BCUT2D eigenvalue weighted by Gasteiger charge is -2.23. The van der Waals surface area contributed by atoms with Crippen molar-refractivity contribution in [2.75, 3.05) is 0 Å². The maximum Gasteiger partial charge on any atom is 0.311 e. The number of hydrogen-bond donors (Lipinski definition) is 2. The number of furan rings is 1. The van der Waals surface area contributed by atoms with E-state index in [0.29, 0.717) is 12.0 Å². The largest absolute Gasteiger partial charge is 0.481 e. The van der Waals surface area contributed by atoms with E-state index in [4.69, 9.17) is 9.52 Å².